The third kappa shape index (κ3) is 2.77. The molecule has 0 radical (unpaired) electrons. The van der Waals surface area contributed by atoms with E-state index in [1.54, 1.807) is 0 Å². The summed E-state index contributed by atoms with van der Waals surface area (Å²) < 4.78 is 0. The molecule has 1 fully saturated rings. The van der Waals surface area contributed by atoms with Gasteiger partial charge in [-0.05, 0) is 58.2 Å². The molecule has 2 heteroatoms. The highest BCUT2D eigenvalue weighted by Gasteiger charge is 2.42. The van der Waals surface area contributed by atoms with Gasteiger partial charge in [0.1, 0.15) is 0 Å². The number of benzene rings is 1. The maximum absolute atomic E-state index is 11.1. The first kappa shape index (κ1) is 15.5. The highest BCUT2D eigenvalue weighted by Crippen LogP contribution is 2.39. The minimum absolute atomic E-state index is 0.100. The van der Waals surface area contributed by atoms with Gasteiger partial charge in [0.25, 0.3) is 0 Å². The van der Waals surface area contributed by atoms with Gasteiger partial charge in [0.2, 0.25) is 0 Å². The maximum Gasteiger partial charge on any atom is 0.0973 e. The van der Waals surface area contributed by atoms with Gasteiger partial charge in [-0.15, -0.1) is 0 Å². The third-order valence-electron chi connectivity index (χ3n) is 5.03. The van der Waals surface area contributed by atoms with Crippen LogP contribution in [0.1, 0.15) is 62.3 Å². The molecule has 1 N–H and O–H groups in total. The van der Waals surface area contributed by atoms with E-state index in [0.717, 1.165) is 31.5 Å². The molecule has 1 aromatic carbocycles. The summed E-state index contributed by atoms with van der Waals surface area (Å²) in [6.07, 6.45) is 4.13. The minimum Gasteiger partial charge on any atom is -0.386 e. The molecular weight excluding hydrogens is 246 g/mol. The van der Waals surface area contributed by atoms with Crippen LogP contribution in [-0.4, -0.2) is 28.6 Å². The molecule has 1 aliphatic heterocycles. The standard InChI is InChI=1S/C18H29NO/c1-5-18(6-2,19-9-7-8-10-19)17(20)16-12-14(3)11-15(4)13-16/h11-13,17,20H,5-10H2,1-4H3. The molecule has 0 amide bonds. The SMILES string of the molecule is CCC(CC)(C(O)c1cc(C)cc(C)c1)N1CCCC1. The van der Waals surface area contributed by atoms with Gasteiger partial charge in [0.05, 0.1) is 11.6 Å². The lowest BCUT2D eigenvalue weighted by Crippen LogP contribution is -2.51. The van der Waals surface area contributed by atoms with Crippen molar-refractivity contribution in [2.45, 2.75) is 65.0 Å². The van der Waals surface area contributed by atoms with Crippen molar-refractivity contribution < 1.29 is 5.11 Å². The first-order valence-corrected chi connectivity index (χ1v) is 8.04. The van der Waals surface area contributed by atoms with Crippen LogP contribution in [0, 0.1) is 13.8 Å². The molecule has 1 atom stereocenters. The first-order valence-electron chi connectivity index (χ1n) is 8.04. The molecule has 1 aliphatic rings. The summed E-state index contributed by atoms with van der Waals surface area (Å²) in [5.41, 5.74) is 3.46. The molecule has 0 aliphatic carbocycles. The molecular formula is C18H29NO. The van der Waals surface area contributed by atoms with Gasteiger partial charge in [-0.1, -0.05) is 43.2 Å². The largest absolute Gasteiger partial charge is 0.386 e. The van der Waals surface area contributed by atoms with Crippen molar-refractivity contribution in [1.29, 1.82) is 0 Å². The van der Waals surface area contributed by atoms with Crippen molar-refractivity contribution in [2.24, 2.45) is 0 Å². The number of hydrogen-bond acceptors (Lipinski definition) is 2. The average Bonchev–Trinajstić information content (AvgIpc) is 2.94. The molecule has 0 saturated carbocycles. The van der Waals surface area contributed by atoms with Crippen molar-refractivity contribution in [1.82, 2.24) is 4.90 Å². The van der Waals surface area contributed by atoms with E-state index < -0.39 is 6.10 Å². The van der Waals surface area contributed by atoms with Gasteiger partial charge >= 0.3 is 0 Å². The van der Waals surface area contributed by atoms with E-state index in [-0.39, 0.29) is 5.54 Å². The number of hydrogen-bond donors (Lipinski definition) is 1. The summed E-state index contributed by atoms with van der Waals surface area (Å²) in [7, 11) is 0. The summed E-state index contributed by atoms with van der Waals surface area (Å²) in [6.45, 7) is 10.9. The number of aryl methyl sites for hydroxylation is 2. The zero-order valence-electron chi connectivity index (χ0n) is 13.4. The lowest BCUT2D eigenvalue weighted by atomic mass is 9.80. The Balaban J connectivity index is 2.37. The first-order chi connectivity index (χ1) is 9.53. The molecule has 0 bridgehead atoms. The van der Waals surface area contributed by atoms with Crippen LogP contribution in [0.3, 0.4) is 0 Å². The summed E-state index contributed by atoms with van der Waals surface area (Å²) in [4.78, 5) is 2.52. The van der Waals surface area contributed by atoms with Crippen LogP contribution >= 0.6 is 0 Å². The number of aliphatic hydroxyl groups is 1. The zero-order valence-corrected chi connectivity index (χ0v) is 13.4. The summed E-state index contributed by atoms with van der Waals surface area (Å²) in [5.74, 6) is 0. The van der Waals surface area contributed by atoms with Crippen molar-refractivity contribution in [3.8, 4) is 0 Å². The molecule has 1 aromatic rings. The molecule has 0 aromatic heterocycles. The van der Waals surface area contributed by atoms with E-state index >= 15 is 0 Å². The maximum atomic E-state index is 11.1. The summed E-state index contributed by atoms with van der Waals surface area (Å²) in [6, 6.07) is 6.47. The second-order valence-electron chi connectivity index (χ2n) is 6.33. The van der Waals surface area contributed by atoms with Crippen LogP contribution in [-0.2, 0) is 0 Å². The van der Waals surface area contributed by atoms with E-state index in [1.807, 2.05) is 0 Å². The monoisotopic (exact) mass is 275 g/mol. The molecule has 0 spiro atoms. The lowest BCUT2D eigenvalue weighted by Gasteiger charge is -2.44. The fourth-order valence-electron chi connectivity index (χ4n) is 3.90. The molecule has 1 saturated heterocycles. The van der Waals surface area contributed by atoms with E-state index in [0.29, 0.717) is 0 Å². The molecule has 2 rings (SSSR count). The summed E-state index contributed by atoms with van der Waals surface area (Å²) >= 11 is 0. The quantitative estimate of drug-likeness (QED) is 0.878. The Labute approximate surface area is 123 Å². The highest BCUT2D eigenvalue weighted by molar-refractivity contribution is 5.31. The van der Waals surface area contributed by atoms with Crippen molar-refractivity contribution >= 4 is 0 Å². The van der Waals surface area contributed by atoms with Crippen LogP contribution in [0.2, 0.25) is 0 Å². The van der Waals surface area contributed by atoms with Gasteiger partial charge in [-0.3, -0.25) is 4.90 Å². The molecule has 20 heavy (non-hydrogen) atoms. The number of rotatable bonds is 5. The fourth-order valence-corrected chi connectivity index (χ4v) is 3.90. The lowest BCUT2D eigenvalue weighted by molar-refractivity contribution is -0.0295. The second-order valence-corrected chi connectivity index (χ2v) is 6.33. The molecule has 1 heterocycles. The van der Waals surface area contributed by atoms with Gasteiger partial charge in [0.15, 0.2) is 0 Å². The molecule has 1 unspecified atom stereocenters. The Morgan fingerprint density at radius 1 is 1.05 bits per heavy atom. The number of likely N-dealkylation sites (tertiary alicyclic amines) is 1. The van der Waals surface area contributed by atoms with Gasteiger partial charge in [-0.2, -0.15) is 0 Å². The van der Waals surface area contributed by atoms with E-state index in [4.69, 9.17) is 0 Å². The van der Waals surface area contributed by atoms with Crippen LogP contribution in [0.4, 0.5) is 0 Å². The topological polar surface area (TPSA) is 23.5 Å². The summed E-state index contributed by atoms with van der Waals surface area (Å²) in [5, 5.41) is 11.1. The predicted octanol–water partition coefficient (Wildman–Crippen LogP) is 3.99. The zero-order chi connectivity index (χ0) is 14.8. The second kappa shape index (κ2) is 6.28. The molecule has 112 valence electrons. The number of nitrogens with zero attached hydrogens (tertiary/aromatic N) is 1. The Hall–Kier alpha value is -0.860. The smallest absolute Gasteiger partial charge is 0.0973 e. The minimum atomic E-state index is -0.394. The Morgan fingerprint density at radius 2 is 1.55 bits per heavy atom. The van der Waals surface area contributed by atoms with Crippen molar-refractivity contribution in [3.63, 3.8) is 0 Å². The van der Waals surface area contributed by atoms with Gasteiger partial charge in [-0.25, -0.2) is 0 Å². The van der Waals surface area contributed by atoms with Gasteiger partial charge < -0.3 is 5.11 Å². The van der Waals surface area contributed by atoms with Crippen LogP contribution in [0.5, 0.6) is 0 Å². The Morgan fingerprint density at radius 3 is 2.00 bits per heavy atom. The Bertz CT molecular complexity index is 424. The number of aliphatic hydroxyl groups excluding tert-OH is 1. The van der Waals surface area contributed by atoms with Gasteiger partial charge in [0, 0.05) is 0 Å². The normalized spacial score (nSPS) is 18.4. The predicted molar refractivity (Wildman–Crippen MR) is 85.0 cm³/mol. The van der Waals surface area contributed by atoms with E-state index in [1.165, 1.54) is 24.0 Å². The van der Waals surface area contributed by atoms with Crippen LogP contribution < -0.4 is 0 Å². The van der Waals surface area contributed by atoms with E-state index in [2.05, 4.69) is 50.8 Å². The fraction of sp³-hybridized carbons (Fsp3) is 0.667. The van der Waals surface area contributed by atoms with Crippen LogP contribution in [0.15, 0.2) is 18.2 Å². The Kier molecular flexibility index (Phi) is 4.87. The van der Waals surface area contributed by atoms with Crippen molar-refractivity contribution in [3.05, 3.63) is 34.9 Å². The third-order valence-corrected chi connectivity index (χ3v) is 5.03. The average molecular weight is 275 g/mol. The van der Waals surface area contributed by atoms with E-state index in [9.17, 15) is 5.11 Å². The van der Waals surface area contributed by atoms with Crippen molar-refractivity contribution in [2.75, 3.05) is 13.1 Å². The highest BCUT2D eigenvalue weighted by atomic mass is 16.3. The van der Waals surface area contributed by atoms with Crippen LogP contribution in [0.25, 0.3) is 0 Å². The molecule has 2 nitrogen and oxygen atoms in total.